The molecule has 2 heterocycles. The third-order valence-corrected chi connectivity index (χ3v) is 4.26. The van der Waals surface area contributed by atoms with Crippen molar-refractivity contribution < 1.29 is 12.8 Å². The third kappa shape index (κ3) is 2.41. The largest absolute Gasteiger partial charge is 0.450 e. The minimum absolute atomic E-state index is 0.00904. The number of nitrogens with one attached hydrogen (secondary N) is 1. The predicted molar refractivity (Wildman–Crippen MR) is 67.6 cm³/mol. The van der Waals surface area contributed by atoms with Crippen LogP contribution in [0.3, 0.4) is 0 Å². The summed E-state index contributed by atoms with van der Waals surface area (Å²) in [5, 5.41) is 3.75. The van der Waals surface area contributed by atoms with Crippen LogP contribution < -0.4 is 4.72 Å². The zero-order chi connectivity index (χ0) is 13.3. The predicted octanol–water partition coefficient (Wildman–Crippen LogP) is 2.02. The van der Waals surface area contributed by atoms with Gasteiger partial charge in [0.2, 0.25) is 5.95 Å². The van der Waals surface area contributed by atoms with E-state index in [1.807, 2.05) is 13.8 Å². The highest BCUT2D eigenvalue weighted by Gasteiger charge is 2.24. The highest BCUT2D eigenvalue weighted by Crippen LogP contribution is 2.24. The lowest BCUT2D eigenvalue weighted by Crippen LogP contribution is -2.17. The first-order valence-electron chi connectivity index (χ1n) is 5.07. The molecule has 0 aliphatic heterocycles. The van der Waals surface area contributed by atoms with Crippen LogP contribution in [0.2, 0.25) is 0 Å². The standard InChI is InChI=1S/C9H11BrN4O3S/c1-6(2)14-9(11-5-12-14)13-18(15,16)8-7(10)3-4-17-8/h3-6H,1-2H3,(H,11,12,13). The number of furan rings is 1. The molecule has 0 atom stereocenters. The van der Waals surface area contributed by atoms with Gasteiger partial charge in [-0.3, -0.25) is 0 Å². The number of nitrogens with zero attached hydrogens (tertiary/aromatic N) is 3. The molecule has 0 fully saturated rings. The van der Waals surface area contributed by atoms with Crippen molar-refractivity contribution in [2.45, 2.75) is 25.0 Å². The first-order valence-corrected chi connectivity index (χ1v) is 7.35. The van der Waals surface area contributed by atoms with Gasteiger partial charge in [-0.05, 0) is 35.8 Å². The van der Waals surface area contributed by atoms with Gasteiger partial charge in [0.15, 0.2) is 0 Å². The second-order valence-corrected chi connectivity index (χ2v) is 6.22. The van der Waals surface area contributed by atoms with Crippen LogP contribution in [0.15, 0.2) is 32.6 Å². The maximum absolute atomic E-state index is 12.0. The van der Waals surface area contributed by atoms with E-state index in [9.17, 15) is 8.42 Å². The number of halogens is 1. The van der Waals surface area contributed by atoms with E-state index in [0.717, 1.165) is 0 Å². The van der Waals surface area contributed by atoms with Crippen LogP contribution >= 0.6 is 15.9 Å². The molecule has 0 aromatic carbocycles. The number of aromatic nitrogens is 3. The van der Waals surface area contributed by atoms with Gasteiger partial charge in [0.05, 0.1) is 16.8 Å². The number of hydrogen-bond donors (Lipinski definition) is 1. The highest BCUT2D eigenvalue weighted by molar-refractivity contribution is 9.10. The summed E-state index contributed by atoms with van der Waals surface area (Å²) in [6, 6.07) is 1.49. The average molecular weight is 335 g/mol. The minimum Gasteiger partial charge on any atom is -0.450 e. The topological polar surface area (TPSA) is 90.0 Å². The molecule has 7 nitrogen and oxygen atoms in total. The van der Waals surface area contributed by atoms with Gasteiger partial charge in [0.1, 0.15) is 6.33 Å². The summed E-state index contributed by atoms with van der Waals surface area (Å²) in [6.07, 6.45) is 2.57. The average Bonchev–Trinajstić information content (AvgIpc) is 2.86. The lowest BCUT2D eigenvalue weighted by molar-refractivity contribution is 0.448. The summed E-state index contributed by atoms with van der Waals surface area (Å²) in [6.45, 7) is 3.74. The van der Waals surface area contributed by atoms with Gasteiger partial charge in [0, 0.05) is 0 Å². The van der Waals surface area contributed by atoms with E-state index in [0.29, 0.717) is 4.47 Å². The summed E-state index contributed by atoms with van der Waals surface area (Å²) in [7, 11) is -3.81. The highest BCUT2D eigenvalue weighted by atomic mass is 79.9. The fourth-order valence-electron chi connectivity index (χ4n) is 1.34. The molecular formula is C9H11BrN4O3S. The van der Waals surface area contributed by atoms with Crippen LogP contribution in [0, 0.1) is 0 Å². The van der Waals surface area contributed by atoms with Crippen molar-refractivity contribution in [1.82, 2.24) is 14.8 Å². The molecule has 2 aromatic heterocycles. The molecule has 0 saturated carbocycles. The molecule has 9 heteroatoms. The molecule has 18 heavy (non-hydrogen) atoms. The Morgan fingerprint density at radius 1 is 1.50 bits per heavy atom. The summed E-state index contributed by atoms with van der Waals surface area (Å²) < 4.78 is 33.2. The second-order valence-electron chi connectivity index (χ2n) is 3.78. The van der Waals surface area contributed by atoms with Crippen LogP contribution in [0.5, 0.6) is 0 Å². The Morgan fingerprint density at radius 3 is 2.78 bits per heavy atom. The van der Waals surface area contributed by atoms with Crippen molar-refractivity contribution in [3.63, 3.8) is 0 Å². The lowest BCUT2D eigenvalue weighted by atomic mass is 10.4. The summed E-state index contributed by atoms with van der Waals surface area (Å²) in [4.78, 5) is 3.87. The monoisotopic (exact) mass is 334 g/mol. The zero-order valence-electron chi connectivity index (χ0n) is 9.66. The van der Waals surface area contributed by atoms with Gasteiger partial charge in [-0.15, -0.1) is 0 Å². The van der Waals surface area contributed by atoms with E-state index in [4.69, 9.17) is 4.42 Å². The van der Waals surface area contributed by atoms with E-state index < -0.39 is 10.0 Å². The molecular weight excluding hydrogens is 324 g/mol. The first kappa shape index (κ1) is 13.1. The van der Waals surface area contributed by atoms with Gasteiger partial charge < -0.3 is 4.42 Å². The van der Waals surface area contributed by atoms with Crippen molar-refractivity contribution in [2.24, 2.45) is 0 Å². The normalized spacial score (nSPS) is 12.0. The van der Waals surface area contributed by atoms with Crippen molar-refractivity contribution in [3.05, 3.63) is 23.1 Å². The van der Waals surface area contributed by atoms with Crippen molar-refractivity contribution in [2.75, 3.05) is 4.72 Å². The van der Waals surface area contributed by atoms with Crippen LogP contribution in [0.4, 0.5) is 5.95 Å². The fourth-order valence-corrected chi connectivity index (χ4v) is 3.17. The summed E-state index contributed by atoms with van der Waals surface area (Å²) >= 11 is 3.10. The molecule has 0 aliphatic rings. The van der Waals surface area contributed by atoms with Crippen molar-refractivity contribution >= 4 is 31.9 Å². The Hall–Kier alpha value is -1.35. The molecule has 0 saturated heterocycles. The molecule has 0 bridgehead atoms. The Balaban J connectivity index is 2.34. The molecule has 1 N–H and O–H groups in total. The van der Waals surface area contributed by atoms with Gasteiger partial charge >= 0.3 is 0 Å². The van der Waals surface area contributed by atoms with E-state index in [1.165, 1.54) is 23.3 Å². The van der Waals surface area contributed by atoms with E-state index in [-0.39, 0.29) is 17.1 Å². The number of sulfonamides is 1. The SMILES string of the molecule is CC(C)n1ncnc1NS(=O)(=O)c1occc1Br. The molecule has 0 spiro atoms. The maximum Gasteiger partial charge on any atom is 0.298 e. The molecule has 2 aromatic rings. The van der Waals surface area contributed by atoms with Crippen molar-refractivity contribution in [3.8, 4) is 0 Å². The zero-order valence-corrected chi connectivity index (χ0v) is 12.1. The molecule has 0 unspecified atom stereocenters. The lowest BCUT2D eigenvalue weighted by Gasteiger charge is -2.10. The quantitative estimate of drug-likeness (QED) is 0.923. The Labute approximate surface area is 112 Å². The van der Waals surface area contributed by atoms with E-state index in [1.54, 1.807) is 0 Å². The Kier molecular flexibility index (Phi) is 3.44. The van der Waals surface area contributed by atoms with Gasteiger partial charge in [-0.1, -0.05) is 0 Å². The maximum atomic E-state index is 12.0. The smallest absolute Gasteiger partial charge is 0.298 e. The third-order valence-electron chi connectivity index (χ3n) is 2.12. The molecule has 98 valence electrons. The van der Waals surface area contributed by atoms with Crippen molar-refractivity contribution in [1.29, 1.82) is 0 Å². The molecule has 2 rings (SSSR count). The van der Waals surface area contributed by atoms with Crippen LogP contribution in [-0.2, 0) is 10.0 Å². The minimum atomic E-state index is -3.81. The Bertz CT molecular complexity index is 646. The fraction of sp³-hybridized carbons (Fsp3) is 0.333. The van der Waals surface area contributed by atoms with E-state index in [2.05, 4.69) is 30.7 Å². The Morgan fingerprint density at radius 2 is 2.22 bits per heavy atom. The van der Waals surface area contributed by atoms with E-state index >= 15 is 0 Å². The van der Waals surface area contributed by atoms with Gasteiger partial charge in [0.25, 0.3) is 15.1 Å². The number of anilines is 1. The molecule has 0 amide bonds. The van der Waals surface area contributed by atoms with Crippen LogP contribution in [0.25, 0.3) is 0 Å². The second kappa shape index (κ2) is 4.73. The first-order chi connectivity index (χ1) is 8.42. The number of rotatable bonds is 4. The van der Waals surface area contributed by atoms with Crippen LogP contribution in [-0.4, -0.2) is 23.2 Å². The molecule has 0 radical (unpaired) electrons. The summed E-state index contributed by atoms with van der Waals surface area (Å²) in [5.74, 6) is 0.147. The number of hydrogen-bond acceptors (Lipinski definition) is 5. The van der Waals surface area contributed by atoms with Gasteiger partial charge in [-0.25, -0.2) is 9.40 Å². The summed E-state index contributed by atoms with van der Waals surface area (Å²) in [5.41, 5.74) is 0. The van der Waals surface area contributed by atoms with Gasteiger partial charge in [-0.2, -0.15) is 18.5 Å². The molecule has 0 aliphatic carbocycles. The van der Waals surface area contributed by atoms with Crippen LogP contribution in [0.1, 0.15) is 19.9 Å².